The van der Waals surface area contributed by atoms with Crippen molar-refractivity contribution in [2.75, 3.05) is 7.11 Å². The highest BCUT2D eigenvalue weighted by molar-refractivity contribution is 6.90. The van der Waals surface area contributed by atoms with Gasteiger partial charge in [0.2, 0.25) is 0 Å². The van der Waals surface area contributed by atoms with E-state index in [0.29, 0.717) is 0 Å². The Labute approximate surface area is 152 Å². The van der Waals surface area contributed by atoms with Crippen LogP contribution in [0, 0.1) is 13.8 Å². The smallest absolute Gasteiger partial charge is 0.126 e. The average molecular weight is 345 g/mol. The molecule has 0 amide bonds. The summed E-state index contributed by atoms with van der Waals surface area (Å²) in [6.07, 6.45) is 2.23. The number of benzene rings is 3. The van der Waals surface area contributed by atoms with Crippen LogP contribution in [0.1, 0.15) is 16.7 Å². The highest BCUT2D eigenvalue weighted by Crippen LogP contribution is 2.19. The molecule has 0 N–H and O–H groups in total. The van der Waals surface area contributed by atoms with Gasteiger partial charge in [-0.15, -0.1) is 0 Å². The van der Waals surface area contributed by atoms with Gasteiger partial charge in [0.15, 0.2) is 0 Å². The quantitative estimate of drug-likeness (QED) is 0.638. The summed E-state index contributed by atoms with van der Waals surface area (Å²) in [6, 6.07) is 25.7. The van der Waals surface area contributed by atoms with Gasteiger partial charge in [0.25, 0.3) is 0 Å². The molecule has 0 spiro atoms. The van der Waals surface area contributed by atoms with Crippen molar-refractivity contribution in [3.8, 4) is 5.75 Å². The van der Waals surface area contributed by atoms with Crippen LogP contribution in [0.15, 0.2) is 78.5 Å². The molecule has 0 unspecified atom stereocenters. The van der Waals surface area contributed by atoms with Crippen molar-refractivity contribution >= 4 is 25.2 Å². The Morgan fingerprint density at radius 1 is 0.760 bits per heavy atom. The van der Waals surface area contributed by atoms with Crippen LogP contribution in [0.5, 0.6) is 5.75 Å². The third-order valence-electron chi connectivity index (χ3n) is 4.62. The third kappa shape index (κ3) is 3.91. The van der Waals surface area contributed by atoms with Gasteiger partial charge in [-0.25, -0.2) is 0 Å². The second kappa shape index (κ2) is 7.99. The number of methoxy groups -OCH3 is 1. The van der Waals surface area contributed by atoms with E-state index >= 15 is 0 Å². The lowest BCUT2D eigenvalue weighted by molar-refractivity contribution is 0.414. The van der Waals surface area contributed by atoms with Gasteiger partial charge in [0.1, 0.15) is 14.5 Å². The predicted molar refractivity (Wildman–Crippen MR) is 111 cm³/mol. The lowest BCUT2D eigenvalue weighted by atomic mass is 10.2. The second-order valence-corrected chi connectivity index (χ2v) is 8.88. The fraction of sp³-hybridized carbons (Fsp3) is 0.130. The fourth-order valence-electron chi connectivity index (χ4n) is 3.36. The second-order valence-electron chi connectivity index (χ2n) is 6.29. The van der Waals surface area contributed by atoms with Crippen LogP contribution in [-0.2, 0) is 0 Å². The largest absolute Gasteiger partial charge is 0.496 e. The highest BCUT2D eigenvalue weighted by atomic mass is 28.3. The molecule has 1 nitrogen and oxygen atoms in total. The molecule has 3 aromatic carbocycles. The Balaban J connectivity index is 2.08. The Morgan fingerprint density at radius 2 is 1.40 bits per heavy atom. The third-order valence-corrected chi connectivity index (χ3v) is 7.83. The summed E-state index contributed by atoms with van der Waals surface area (Å²) in [5, 5.41) is 2.95. The molecule has 0 aliphatic heterocycles. The summed E-state index contributed by atoms with van der Waals surface area (Å²) < 4.78 is 5.50. The summed E-state index contributed by atoms with van der Waals surface area (Å²) in [6.45, 7) is 4.45. The van der Waals surface area contributed by atoms with Gasteiger partial charge in [-0.2, -0.15) is 0 Å². The molecule has 0 saturated heterocycles. The number of hydrogen-bond donors (Lipinski definition) is 0. The van der Waals surface area contributed by atoms with Crippen molar-refractivity contribution in [2.45, 2.75) is 13.8 Å². The SMILES string of the molecule is COc1ccccc1/C=C/[Si@@H](c1ccccc1)c1c(C)cccc1C. The van der Waals surface area contributed by atoms with Gasteiger partial charge in [0, 0.05) is 5.56 Å². The minimum atomic E-state index is -1.47. The van der Waals surface area contributed by atoms with Crippen LogP contribution in [0.25, 0.3) is 6.08 Å². The molecule has 25 heavy (non-hydrogen) atoms. The van der Waals surface area contributed by atoms with Crippen LogP contribution in [0.2, 0.25) is 0 Å². The Morgan fingerprint density at radius 3 is 2.08 bits per heavy atom. The summed E-state index contributed by atoms with van der Waals surface area (Å²) in [7, 11) is 0.260. The fourth-order valence-corrected chi connectivity index (χ4v) is 6.31. The molecule has 3 aromatic rings. The van der Waals surface area contributed by atoms with Crippen LogP contribution >= 0.6 is 0 Å². The molecule has 0 radical (unpaired) electrons. The molecule has 1 atom stereocenters. The molecule has 0 fully saturated rings. The van der Waals surface area contributed by atoms with Gasteiger partial charge >= 0.3 is 0 Å². The van der Waals surface area contributed by atoms with E-state index < -0.39 is 8.80 Å². The summed E-state index contributed by atoms with van der Waals surface area (Å²) in [5.74, 6) is 0.918. The van der Waals surface area contributed by atoms with Crippen molar-refractivity contribution < 1.29 is 4.74 Å². The van der Waals surface area contributed by atoms with Crippen LogP contribution in [0.4, 0.5) is 0 Å². The zero-order valence-electron chi connectivity index (χ0n) is 15.1. The number of hydrogen-bond acceptors (Lipinski definition) is 1. The van der Waals surface area contributed by atoms with Crippen molar-refractivity contribution in [1.82, 2.24) is 0 Å². The average Bonchev–Trinajstić information content (AvgIpc) is 2.65. The van der Waals surface area contributed by atoms with E-state index in [2.05, 4.69) is 86.3 Å². The molecule has 0 aromatic heterocycles. The van der Waals surface area contributed by atoms with E-state index in [1.165, 1.54) is 21.5 Å². The Bertz CT molecular complexity index is 848. The molecule has 126 valence electrons. The van der Waals surface area contributed by atoms with Gasteiger partial charge in [-0.1, -0.05) is 94.8 Å². The van der Waals surface area contributed by atoms with E-state index in [-0.39, 0.29) is 0 Å². The number of para-hydroxylation sites is 1. The minimum absolute atomic E-state index is 0.918. The molecular weight excluding hydrogens is 320 g/mol. The molecule has 2 heteroatoms. The van der Waals surface area contributed by atoms with E-state index in [4.69, 9.17) is 4.74 Å². The zero-order valence-corrected chi connectivity index (χ0v) is 16.2. The van der Waals surface area contributed by atoms with E-state index in [0.717, 1.165) is 11.3 Å². The summed E-state index contributed by atoms with van der Waals surface area (Å²) >= 11 is 0. The van der Waals surface area contributed by atoms with E-state index in [1.807, 2.05) is 12.1 Å². The van der Waals surface area contributed by atoms with Crippen LogP contribution in [-0.4, -0.2) is 15.9 Å². The maximum absolute atomic E-state index is 5.50. The Hall–Kier alpha value is -2.58. The normalized spacial score (nSPS) is 12.3. The van der Waals surface area contributed by atoms with E-state index in [9.17, 15) is 0 Å². The first-order valence-corrected chi connectivity index (χ1v) is 10.4. The lowest BCUT2D eigenvalue weighted by Crippen LogP contribution is -2.43. The Kier molecular flexibility index (Phi) is 5.52. The molecular formula is C23H24OSi. The maximum atomic E-state index is 5.50. The predicted octanol–water partition coefficient (Wildman–Crippen LogP) is 3.91. The molecule has 0 heterocycles. The van der Waals surface area contributed by atoms with Crippen molar-refractivity contribution in [1.29, 1.82) is 0 Å². The highest BCUT2D eigenvalue weighted by Gasteiger charge is 2.17. The molecule has 0 aliphatic rings. The summed E-state index contributed by atoms with van der Waals surface area (Å²) in [5.41, 5.74) is 6.31. The maximum Gasteiger partial charge on any atom is 0.126 e. The van der Waals surface area contributed by atoms with Gasteiger partial charge < -0.3 is 4.74 Å². The first-order chi connectivity index (χ1) is 12.2. The summed E-state index contributed by atoms with van der Waals surface area (Å²) in [4.78, 5) is 0. The first kappa shape index (κ1) is 17.2. The van der Waals surface area contributed by atoms with Gasteiger partial charge in [-0.05, 0) is 25.1 Å². The van der Waals surface area contributed by atoms with E-state index in [1.54, 1.807) is 7.11 Å². The molecule has 3 rings (SSSR count). The standard InChI is InChI=1S/C23H24OSi/c1-18-10-9-11-19(2)23(18)25(21-13-5-4-6-14-21)17-16-20-12-7-8-15-22(20)24-3/h4-17,25H,1-3H3/b17-16+/t25-/m0/s1. The topological polar surface area (TPSA) is 9.23 Å². The number of aryl methyl sites for hydroxylation is 2. The molecule has 0 saturated carbocycles. The minimum Gasteiger partial charge on any atom is -0.496 e. The van der Waals surface area contributed by atoms with Gasteiger partial charge in [-0.3, -0.25) is 0 Å². The monoisotopic (exact) mass is 344 g/mol. The van der Waals surface area contributed by atoms with Crippen molar-refractivity contribution in [3.63, 3.8) is 0 Å². The molecule has 0 bridgehead atoms. The van der Waals surface area contributed by atoms with Crippen LogP contribution < -0.4 is 15.1 Å². The van der Waals surface area contributed by atoms with Gasteiger partial charge in [0.05, 0.1) is 7.11 Å². The number of rotatable bonds is 5. The number of ether oxygens (including phenoxy) is 1. The lowest BCUT2D eigenvalue weighted by Gasteiger charge is -2.18. The first-order valence-electron chi connectivity index (χ1n) is 8.63. The van der Waals surface area contributed by atoms with Crippen LogP contribution in [0.3, 0.4) is 0 Å². The molecule has 0 aliphatic carbocycles. The van der Waals surface area contributed by atoms with Crippen molar-refractivity contribution in [3.05, 3.63) is 95.2 Å². The zero-order chi connectivity index (χ0) is 17.6. The van der Waals surface area contributed by atoms with Crippen molar-refractivity contribution in [2.24, 2.45) is 0 Å².